The summed E-state index contributed by atoms with van der Waals surface area (Å²) in [5.41, 5.74) is -2.14. The molecule has 0 aliphatic carbocycles. The van der Waals surface area contributed by atoms with Crippen molar-refractivity contribution in [3.8, 4) is 0 Å². The molecule has 25 heavy (non-hydrogen) atoms. The average Bonchev–Trinajstić information content (AvgIpc) is 2.61. The standard InChI is InChI=1S/C17H10F5NO2/c1-8(2)17(24)25-23-16(9-6-4-3-5-7-9)10-11(18)13(20)15(22)14(21)12(10)19/h3-7H,1H2,2H3. The number of hydrogen-bond donors (Lipinski definition) is 0. The number of halogens is 5. The van der Waals surface area contributed by atoms with Crippen molar-refractivity contribution in [3.63, 3.8) is 0 Å². The first-order chi connectivity index (χ1) is 11.8. The number of hydrogen-bond acceptors (Lipinski definition) is 3. The van der Waals surface area contributed by atoms with Crippen molar-refractivity contribution in [2.45, 2.75) is 6.92 Å². The quantitative estimate of drug-likeness (QED) is 0.156. The Morgan fingerprint density at radius 3 is 1.88 bits per heavy atom. The Labute approximate surface area is 139 Å². The average molecular weight is 355 g/mol. The van der Waals surface area contributed by atoms with Crippen molar-refractivity contribution < 1.29 is 31.6 Å². The van der Waals surface area contributed by atoms with Crippen molar-refractivity contribution in [1.29, 1.82) is 0 Å². The molecular formula is C17H10F5NO2. The Hall–Kier alpha value is -3.03. The van der Waals surface area contributed by atoms with E-state index >= 15 is 0 Å². The zero-order valence-electron chi connectivity index (χ0n) is 12.7. The fraction of sp³-hybridized carbons (Fsp3) is 0.0588. The Kier molecular flexibility index (Phi) is 5.31. The number of rotatable bonds is 4. The largest absolute Gasteiger partial charge is 0.360 e. The topological polar surface area (TPSA) is 38.7 Å². The first-order valence-corrected chi connectivity index (χ1v) is 6.77. The van der Waals surface area contributed by atoms with E-state index < -0.39 is 46.3 Å². The van der Waals surface area contributed by atoms with Gasteiger partial charge in [-0.3, -0.25) is 0 Å². The summed E-state index contributed by atoms with van der Waals surface area (Å²) in [7, 11) is 0. The summed E-state index contributed by atoms with van der Waals surface area (Å²) >= 11 is 0. The van der Waals surface area contributed by atoms with Crippen molar-refractivity contribution in [2.24, 2.45) is 5.16 Å². The number of nitrogens with zero attached hydrogens (tertiary/aromatic N) is 1. The van der Waals surface area contributed by atoms with Crippen LogP contribution in [-0.4, -0.2) is 11.7 Å². The van der Waals surface area contributed by atoms with Crippen LogP contribution in [0.4, 0.5) is 22.0 Å². The van der Waals surface area contributed by atoms with Gasteiger partial charge >= 0.3 is 5.97 Å². The molecule has 0 fully saturated rings. The van der Waals surface area contributed by atoms with Crippen molar-refractivity contribution in [1.82, 2.24) is 0 Å². The molecule has 0 saturated carbocycles. The lowest BCUT2D eigenvalue weighted by atomic mass is 10.0. The predicted molar refractivity (Wildman–Crippen MR) is 79.2 cm³/mol. The molecule has 8 heteroatoms. The minimum atomic E-state index is -2.30. The van der Waals surface area contributed by atoms with Gasteiger partial charge in [0.25, 0.3) is 0 Å². The van der Waals surface area contributed by atoms with Crippen LogP contribution in [0.3, 0.4) is 0 Å². The molecule has 0 radical (unpaired) electrons. The van der Waals surface area contributed by atoms with Gasteiger partial charge in [0, 0.05) is 11.1 Å². The number of carbonyl (C=O) groups is 1. The normalized spacial score (nSPS) is 11.4. The van der Waals surface area contributed by atoms with Crippen molar-refractivity contribution in [3.05, 3.63) is 82.7 Å². The first-order valence-electron chi connectivity index (χ1n) is 6.77. The third-order valence-electron chi connectivity index (χ3n) is 3.06. The van der Waals surface area contributed by atoms with Gasteiger partial charge in [-0.05, 0) is 6.92 Å². The molecule has 0 N–H and O–H groups in total. The Balaban J connectivity index is 2.72. The van der Waals surface area contributed by atoms with E-state index in [4.69, 9.17) is 0 Å². The second-order valence-corrected chi connectivity index (χ2v) is 4.91. The van der Waals surface area contributed by atoms with Gasteiger partial charge in [0.1, 0.15) is 5.71 Å². The summed E-state index contributed by atoms with van der Waals surface area (Å²) in [4.78, 5) is 15.9. The first kappa shape index (κ1) is 18.3. The molecular weight excluding hydrogens is 345 g/mol. The van der Waals surface area contributed by atoms with Crippen LogP contribution in [0.2, 0.25) is 0 Å². The SMILES string of the molecule is C=C(C)C(=O)ON=C(c1ccccc1)c1c(F)c(F)c(F)c(F)c1F. The molecule has 0 heterocycles. The maximum absolute atomic E-state index is 14.1. The highest BCUT2D eigenvalue weighted by molar-refractivity contribution is 6.13. The molecule has 0 aliphatic heterocycles. The van der Waals surface area contributed by atoms with Gasteiger partial charge in [0.2, 0.25) is 5.82 Å². The van der Waals surface area contributed by atoms with Gasteiger partial charge in [0.05, 0.1) is 5.56 Å². The maximum atomic E-state index is 14.1. The zero-order chi connectivity index (χ0) is 18.7. The molecule has 0 unspecified atom stereocenters. The lowest BCUT2D eigenvalue weighted by Crippen LogP contribution is -2.16. The monoisotopic (exact) mass is 355 g/mol. The number of oxime groups is 1. The lowest BCUT2D eigenvalue weighted by molar-refractivity contribution is -0.138. The lowest BCUT2D eigenvalue weighted by Gasteiger charge is -2.11. The highest BCUT2D eigenvalue weighted by atomic mass is 19.2. The number of benzene rings is 2. The maximum Gasteiger partial charge on any atom is 0.360 e. The van der Waals surface area contributed by atoms with Crippen LogP contribution >= 0.6 is 0 Å². The van der Waals surface area contributed by atoms with Gasteiger partial charge < -0.3 is 4.84 Å². The second-order valence-electron chi connectivity index (χ2n) is 4.91. The fourth-order valence-electron chi connectivity index (χ4n) is 1.82. The molecule has 2 aromatic rings. The molecule has 2 rings (SSSR count). The molecule has 130 valence electrons. The van der Waals surface area contributed by atoms with Crippen LogP contribution in [0.5, 0.6) is 0 Å². The smallest absolute Gasteiger partial charge is 0.313 e. The highest BCUT2D eigenvalue weighted by Crippen LogP contribution is 2.26. The molecule has 0 bridgehead atoms. The van der Waals surface area contributed by atoms with Crippen molar-refractivity contribution >= 4 is 11.7 Å². The third kappa shape index (κ3) is 3.57. The summed E-state index contributed by atoms with van der Waals surface area (Å²) in [6.45, 7) is 4.58. The van der Waals surface area contributed by atoms with E-state index in [-0.39, 0.29) is 11.1 Å². The Morgan fingerprint density at radius 2 is 1.40 bits per heavy atom. The van der Waals surface area contributed by atoms with Crippen LogP contribution in [0.1, 0.15) is 18.1 Å². The molecule has 0 spiro atoms. The molecule has 0 aromatic heterocycles. The van der Waals surface area contributed by atoms with E-state index in [0.29, 0.717) is 0 Å². The van der Waals surface area contributed by atoms with Crippen LogP contribution in [0.25, 0.3) is 0 Å². The molecule has 2 aromatic carbocycles. The van der Waals surface area contributed by atoms with E-state index in [1.54, 1.807) is 6.07 Å². The Bertz CT molecular complexity index is 849. The molecule has 0 atom stereocenters. The van der Waals surface area contributed by atoms with Crippen molar-refractivity contribution in [2.75, 3.05) is 0 Å². The van der Waals surface area contributed by atoms with Crippen LogP contribution in [-0.2, 0) is 9.63 Å². The summed E-state index contributed by atoms with van der Waals surface area (Å²) < 4.78 is 68.3. The summed E-state index contributed by atoms with van der Waals surface area (Å²) in [5.74, 6) is -11.8. The number of carbonyl (C=O) groups excluding carboxylic acids is 1. The molecule has 0 amide bonds. The summed E-state index contributed by atoms with van der Waals surface area (Å²) in [6, 6.07) is 7.03. The van der Waals surface area contributed by atoms with Crippen LogP contribution < -0.4 is 0 Å². The van der Waals surface area contributed by atoms with Crippen LogP contribution in [0, 0.1) is 29.1 Å². The van der Waals surface area contributed by atoms with Gasteiger partial charge in [-0.1, -0.05) is 42.1 Å². The summed E-state index contributed by atoms with van der Waals surface area (Å²) in [5, 5.41) is 3.29. The van der Waals surface area contributed by atoms with Gasteiger partial charge in [-0.15, -0.1) is 0 Å². The second kappa shape index (κ2) is 7.25. The van der Waals surface area contributed by atoms with E-state index in [1.165, 1.54) is 31.2 Å². The Morgan fingerprint density at radius 1 is 0.920 bits per heavy atom. The van der Waals surface area contributed by atoms with E-state index in [9.17, 15) is 26.7 Å². The fourth-order valence-corrected chi connectivity index (χ4v) is 1.82. The molecule has 0 aliphatic rings. The molecule has 3 nitrogen and oxygen atoms in total. The predicted octanol–water partition coefficient (Wildman–Crippen LogP) is 4.25. The molecule has 0 saturated heterocycles. The van der Waals surface area contributed by atoms with E-state index in [0.717, 1.165) is 0 Å². The van der Waals surface area contributed by atoms with E-state index in [2.05, 4.69) is 16.6 Å². The minimum absolute atomic E-state index is 0.0276. The van der Waals surface area contributed by atoms with Gasteiger partial charge in [-0.2, -0.15) is 0 Å². The third-order valence-corrected chi connectivity index (χ3v) is 3.06. The minimum Gasteiger partial charge on any atom is -0.313 e. The highest BCUT2D eigenvalue weighted by Gasteiger charge is 2.29. The van der Waals surface area contributed by atoms with Crippen LogP contribution in [0.15, 0.2) is 47.6 Å². The van der Waals surface area contributed by atoms with E-state index in [1.807, 2.05) is 0 Å². The summed E-state index contributed by atoms with van der Waals surface area (Å²) in [6.07, 6.45) is 0. The van der Waals surface area contributed by atoms with Gasteiger partial charge in [-0.25, -0.2) is 26.7 Å². The van der Waals surface area contributed by atoms with Gasteiger partial charge in [0.15, 0.2) is 23.3 Å². The zero-order valence-corrected chi connectivity index (χ0v) is 12.7.